The Hall–Kier alpha value is -3.75. The van der Waals surface area contributed by atoms with Gasteiger partial charge in [0.15, 0.2) is 21.7 Å². The summed E-state index contributed by atoms with van der Waals surface area (Å²) in [5, 5.41) is 17.8. The van der Waals surface area contributed by atoms with Crippen LogP contribution in [-0.2, 0) is 30.6 Å². The fraction of sp³-hybridized carbons (Fsp3) is 0.414. The number of anilines is 1. The minimum Gasteiger partial charge on any atom is -0.477 e. The summed E-state index contributed by atoms with van der Waals surface area (Å²) in [4.78, 5) is 65.9. The molecule has 48 heavy (non-hydrogen) atoms. The lowest BCUT2D eigenvalue weighted by Gasteiger charge is -2.55. The van der Waals surface area contributed by atoms with Crippen molar-refractivity contribution < 1.29 is 38.1 Å². The van der Waals surface area contributed by atoms with Crippen LogP contribution in [0.2, 0.25) is 0 Å². The van der Waals surface area contributed by atoms with Crippen molar-refractivity contribution in [2.45, 2.75) is 22.3 Å². The van der Waals surface area contributed by atoms with Crippen LogP contribution in [0.3, 0.4) is 0 Å². The highest BCUT2D eigenvalue weighted by molar-refractivity contribution is 8.07. The number of nitrogens with zero attached hydrogens (tertiary/aromatic N) is 6. The molecule has 4 saturated heterocycles. The first-order chi connectivity index (χ1) is 23.0. The average Bonchev–Trinajstić information content (AvgIpc) is 3.67. The number of hydrogen-bond acceptors (Lipinski definition) is 13. The summed E-state index contributed by atoms with van der Waals surface area (Å²) in [6.07, 6.45) is 0. The zero-order valence-electron chi connectivity index (χ0n) is 25.8. The molecule has 5 aliphatic heterocycles. The van der Waals surface area contributed by atoms with E-state index in [1.165, 1.54) is 52.4 Å². The minimum atomic E-state index is -1.22. The largest absolute Gasteiger partial charge is 0.477 e. The fourth-order valence-corrected chi connectivity index (χ4v) is 11.1. The lowest BCUT2D eigenvalue weighted by atomic mass is 10.0. The third-order valence-corrected chi connectivity index (χ3v) is 13.7. The first-order valence-corrected chi connectivity index (χ1v) is 18.7. The van der Waals surface area contributed by atoms with Crippen LogP contribution in [-0.4, -0.2) is 128 Å². The van der Waals surface area contributed by atoms with Crippen molar-refractivity contribution in [1.29, 1.82) is 0 Å². The number of thiazole rings is 2. The Balaban J connectivity index is 1.04. The van der Waals surface area contributed by atoms with Gasteiger partial charge in [-0.25, -0.2) is 14.8 Å². The number of carbonyl (C=O) groups is 4. The smallest absolute Gasteiger partial charge is 0.353 e. The molecule has 2 atom stereocenters. The molecular weight excluding hydrogens is 699 g/mol. The monoisotopic (exact) mass is 731 g/mol. The summed E-state index contributed by atoms with van der Waals surface area (Å²) in [6, 6.07) is 5.37. The number of nitrogens with one attached hydrogen (secondary N) is 1. The summed E-state index contributed by atoms with van der Waals surface area (Å²) in [5.41, 5.74) is 13.2. The second-order valence-electron chi connectivity index (χ2n) is 12.3. The zero-order valence-corrected chi connectivity index (χ0v) is 29.1. The highest BCUT2D eigenvalue weighted by atomic mass is 32.2. The maximum atomic E-state index is 13.3. The number of benzene rings is 1. The predicted octanol–water partition coefficient (Wildman–Crippen LogP) is 0.820. The first-order valence-electron chi connectivity index (χ1n) is 15.1. The van der Waals surface area contributed by atoms with Gasteiger partial charge in [-0.3, -0.25) is 19.3 Å². The number of amides is 3. The minimum absolute atomic E-state index is 0.103. The number of aliphatic carboxylic acids is 1. The van der Waals surface area contributed by atoms with E-state index in [1.54, 1.807) is 5.38 Å². The number of β-lactam (4-membered cyclic amide) rings is 1. The van der Waals surface area contributed by atoms with Crippen LogP contribution in [0.25, 0.3) is 10.2 Å². The van der Waals surface area contributed by atoms with Crippen LogP contribution in [0, 0.1) is 0 Å². The number of hydrogen-bond donors (Lipinski definition) is 4. The Kier molecular flexibility index (Phi) is 8.61. The molecule has 8 rings (SSSR count). The topological polar surface area (TPSA) is 203 Å². The number of nitrogen functional groups attached to an aromatic ring is 1. The van der Waals surface area contributed by atoms with Crippen LogP contribution >= 0.6 is 46.2 Å². The maximum Gasteiger partial charge on any atom is 0.353 e. The Labute approximate surface area is 291 Å². The molecule has 5 aliphatic rings. The van der Waals surface area contributed by atoms with Gasteiger partial charge in [-0.05, 0) is 12.1 Å². The van der Waals surface area contributed by atoms with E-state index in [0.717, 1.165) is 76.3 Å². The highest BCUT2D eigenvalue weighted by Gasteiger charge is 2.55. The molecule has 4 fully saturated rings. The van der Waals surface area contributed by atoms with Gasteiger partial charge in [0.05, 0.1) is 10.2 Å². The summed E-state index contributed by atoms with van der Waals surface area (Å²) in [6.45, 7) is 7.22. The Morgan fingerprint density at radius 1 is 1.17 bits per heavy atom. The van der Waals surface area contributed by atoms with Crippen molar-refractivity contribution in [3.8, 4) is 0 Å². The Bertz CT molecular complexity index is 1880. The molecule has 0 radical (unpaired) electrons. The molecule has 3 aromatic rings. The van der Waals surface area contributed by atoms with Crippen LogP contribution in [0.4, 0.5) is 5.13 Å². The molecule has 3 amide bonds. The van der Waals surface area contributed by atoms with Crippen molar-refractivity contribution in [3.05, 3.63) is 45.4 Å². The van der Waals surface area contributed by atoms with E-state index in [4.69, 9.17) is 21.3 Å². The van der Waals surface area contributed by atoms with E-state index in [2.05, 4.69) is 33.7 Å². The van der Waals surface area contributed by atoms with E-state index in [-0.39, 0.29) is 28.1 Å². The lowest BCUT2D eigenvalue weighted by molar-refractivity contribution is -1.08. The number of fused-ring (bicyclic) bond motifs is 5. The standard InChI is InChI=1S/C29H31N9O6S4/c1-44-35-21(17-13-46-28(31)32-17)24(40)34-22-25(41)36-23(27(42)43)19(14-45-26(22)36)48-29-33-16-10-15(2-3-18(16)47-29)11-37-4-7-38(8-5-37,9-6-37)12-20(30)39/h2-3,10,13,22,26H,4-9,11-12,14H2,1H3,(H4-2,30,31,32,34,39,40,42,43)/p+2/b35-21-/t22-,26-,37?,38?/m1/s1. The van der Waals surface area contributed by atoms with Crippen LogP contribution in [0.1, 0.15) is 11.3 Å². The van der Waals surface area contributed by atoms with Gasteiger partial charge in [0, 0.05) is 21.6 Å². The van der Waals surface area contributed by atoms with Crippen LogP contribution in [0.5, 0.6) is 0 Å². The number of piperazine rings is 3. The summed E-state index contributed by atoms with van der Waals surface area (Å²) < 4.78 is 3.48. The Morgan fingerprint density at radius 2 is 1.90 bits per heavy atom. The Morgan fingerprint density at radius 3 is 2.54 bits per heavy atom. The van der Waals surface area contributed by atoms with Gasteiger partial charge in [0.2, 0.25) is 0 Å². The molecule has 2 bridgehead atoms. The van der Waals surface area contributed by atoms with Gasteiger partial charge in [-0.1, -0.05) is 23.0 Å². The van der Waals surface area contributed by atoms with E-state index in [0.29, 0.717) is 21.5 Å². The van der Waals surface area contributed by atoms with Crippen molar-refractivity contribution >= 4 is 90.9 Å². The first kappa shape index (κ1) is 32.8. The summed E-state index contributed by atoms with van der Waals surface area (Å²) >= 11 is 5.23. The number of quaternary nitrogens is 2. The van der Waals surface area contributed by atoms with Crippen LogP contribution < -0.4 is 16.8 Å². The second-order valence-corrected chi connectivity index (χ2v) is 16.7. The molecular formula is C29H33N9O6S4+2. The van der Waals surface area contributed by atoms with Crippen LogP contribution in [0.15, 0.2) is 43.7 Å². The predicted molar refractivity (Wildman–Crippen MR) is 183 cm³/mol. The maximum absolute atomic E-state index is 13.3. The van der Waals surface area contributed by atoms with Gasteiger partial charge in [0.25, 0.3) is 17.7 Å². The average molecular weight is 732 g/mol. The molecule has 252 valence electrons. The fourth-order valence-electron chi connectivity index (χ4n) is 6.91. The SMILES string of the molecule is CO/N=C(\C(=O)N[C@@H]1C(=O)N2C(C(=O)O)=C(Sc3nc4cc(C[N+]56CC[N+](CC(N)=O)(CC5)CC6)ccc4s3)CS[C@H]12)c1csc(N)n1. The molecule has 15 nitrogen and oxygen atoms in total. The summed E-state index contributed by atoms with van der Waals surface area (Å²) in [5.74, 6) is -2.35. The highest BCUT2D eigenvalue weighted by Crippen LogP contribution is 2.46. The molecule has 2 aromatic heterocycles. The quantitative estimate of drug-likeness (QED) is 0.0941. The van der Waals surface area contributed by atoms with Gasteiger partial charge in [-0.15, -0.1) is 34.4 Å². The number of oxime groups is 1. The van der Waals surface area contributed by atoms with Gasteiger partial charge < -0.3 is 35.7 Å². The number of aromatic nitrogens is 2. The number of carbonyl (C=O) groups excluding carboxylic acids is 3. The van der Waals surface area contributed by atoms with E-state index in [1.807, 2.05) is 0 Å². The summed E-state index contributed by atoms with van der Waals surface area (Å²) in [7, 11) is 1.29. The normalized spacial score (nSPS) is 26.7. The van der Waals surface area contributed by atoms with E-state index < -0.39 is 29.2 Å². The molecule has 0 unspecified atom stereocenters. The number of carboxylic acid groups (broad SMARTS) is 1. The molecule has 7 heterocycles. The number of thioether (sulfide) groups is 2. The van der Waals surface area contributed by atoms with Crippen molar-refractivity contribution in [2.24, 2.45) is 10.9 Å². The van der Waals surface area contributed by atoms with Gasteiger partial charge >= 0.3 is 5.97 Å². The zero-order chi connectivity index (χ0) is 33.8. The molecule has 1 aromatic carbocycles. The second kappa shape index (κ2) is 12.6. The molecule has 0 spiro atoms. The molecule has 0 saturated carbocycles. The third-order valence-electron chi connectivity index (χ3n) is 9.38. The number of nitrogens with two attached hydrogens (primary N) is 2. The van der Waals surface area contributed by atoms with Gasteiger partial charge in [-0.2, -0.15) is 0 Å². The van der Waals surface area contributed by atoms with Crippen molar-refractivity contribution in [3.63, 3.8) is 0 Å². The van der Waals surface area contributed by atoms with Crippen molar-refractivity contribution in [2.75, 3.05) is 64.4 Å². The lowest BCUT2D eigenvalue weighted by Crippen LogP contribution is -2.75. The molecule has 6 N–H and O–H groups in total. The number of primary amides is 1. The van der Waals surface area contributed by atoms with E-state index in [9.17, 15) is 24.3 Å². The molecule has 0 aliphatic carbocycles. The van der Waals surface area contributed by atoms with Crippen molar-refractivity contribution in [1.82, 2.24) is 20.2 Å². The van der Waals surface area contributed by atoms with Gasteiger partial charge in [0.1, 0.15) is 75.7 Å². The van der Waals surface area contributed by atoms with E-state index >= 15 is 0 Å². The number of rotatable bonds is 11. The third kappa shape index (κ3) is 6.02. The molecule has 19 heteroatoms. The number of carboxylic acids is 1.